The first-order valence-corrected chi connectivity index (χ1v) is 10.1. The molecular formula is C24H25FN2O2. The van der Waals surface area contributed by atoms with Gasteiger partial charge in [-0.25, -0.2) is 9.37 Å². The minimum atomic E-state index is -0.349. The van der Waals surface area contributed by atoms with Crippen LogP contribution >= 0.6 is 0 Å². The van der Waals surface area contributed by atoms with Crippen molar-refractivity contribution in [1.29, 1.82) is 0 Å². The van der Waals surface area contributed by atoms with Crippen molar-refractivity contribution in [2.75, 3.05) is 0 Å². The third-order valence-corrected chi connectivity index (χ3v) is 5.56. The lowest BCUT2D eigenvalue weighted by atomic mass is 10.1. The Morgan fingerprint density at radius 2 is 1.90 bits per heavy atom. The second-order valence-electron chi connectivity index (χ2n) is 7.68. The number of halogens is 1. The highest BCUT2D eigenvalue weighted by molar-refractivity contribution is 5.76. The van der Waals surface area contributed by atoms with Crippen molar-refractivity contribution in [2.24, 2.45) is 5.92 Å². The van der Waals surface area contributed by atoms with Crippen LogP contribution in [0.15, 0.2) is 65.2 Å². The number of hydrogen-bond donors (Lipinski definition) is 0. The van der Waals surface area contributed by atoms with Gasteiger partial charge in [-0.3, -0.25) is 4.79 Å². The summed E-state index contributed by atoms with van der Waals surface area (Å²) < 4.78 is 19.6. The number of oxazole rings is 1. The van der Waals surface area contributed by atoms with Gasteiger partial charge in [0.15, 0.2) is 11.7 Å². The lowest BCUT2D eigenvalue weighted by Crippen LogP contribution is -2.39. The molecule has 4 rings (SSSR count). The summed E-state index contributed by atoms with van der Waals surface area (Å²) >= 11 is 0. The molecule has 29 heavy (non-hydrogen) atoms. The zero-order valence-corrected chi connectivity index (χ0v) is 16.6. The summed E-state index contributed by atoms with van der Waals surface area (Å²) in [7, 11) is 0. The van der Waals surface area contributed by atoms with Gasteiger partial charge in [-0.1, -0.05) is 42.5 Å². The van der Waals surface area contributed by atoms with E-state index in [1.165, 1.54) is 25.1 Å². The lowest BCUT2D eigenvalue weighted by molar-refractivity contribution is -0.134. The fraction of sp³-hybridized carbons (Fsp3) is 0.333. The molecule has 1 heterocycles. The Morgan fingerprint density at radius 3 is 2.62 bits per heavy atom. The highest BCUT2D eigenvalue weighted by atomic mass is 19.1. The Labute approximate surface area is 170 Å². The Kier molecular flexibility index (Phi) is 5.74. The van der Waals surface area contributed by atoms with Gasteiger partial charge in [-0.2, -0.15) is 0 Å². The smallest absolute Gasteiger partial charge is 0.223 e. The first-order chi connectivity index (χ1) is 14.1. The Balaban J connectivity index is 1.42. The average molecular weight is 392 g/mol. The zero-order chi connectivity index (χ0) is 20.2. The van der Waals surface area contributed by atoms with Crippen molar-refractivity contribution >= 4 is 5.91 Å². The van der Waals surface area contributed by atoms with Crippen LogP contribution < -0.4 is 0 Å². The van der Waals surface area contributed by atoms with E-state index in [1.807, 2.05) is 23.1 Å². The fourth-order valence-corrected chi connectivity index (χ4v) is 3.64. The first kappa shape index (κ1) is 19.4. The summed E-state index contributed by atoms with van der Waals surface area (Å²) in [5, 5.41) is 0. The summed E-state index contributed by atoms with van der Waals surface area (Å²) in [6.45, 7) is 2.75. The zero-order valence-electron chi connectivity index (χ0n) is 16.6. The van der Waals surface area contributed by atoms with Crippen molar-refractivity contribution in [1.82, 2.24) is 9.88 Å². The summed E-state index contributed by atoms with van der Waals surface area (Å²) in [5.41, 5.74) is 1.51. The van der Waals surface area contributed by atoms with Gasteiger partial charge in [-0.15, -0.1) is 0 Å². The molecule has 4 nitrogen and oxygen atoms in total. The molecule has 1 saturated carbocycles. The van der Waals surface area contributed by atoms with Crippen LogP contribution in [0, 0.1) is 11.7 Å². The van der Waals surface area contributed by atoms with Gasteiger partial charge in [0.25, 0.3) is 0 Å². The summed E-state index contributed by atoms with van der Waals surface area (Å²) in [5.74, 6) is 1.18. The van der Waals surface area contributed by atoms with Crippen molar-refractivity contribution in [2.45, 2.75) is 45.2 Å². The van der Waals surface area contributed by atoms with Crippen LogP contribution in [0.1, 0.15) is 37.6 Å². The van der Waals surface area contributed by atoms with Crippen LogP contribution in [-0.2, 0) is 17.8 Å². The molecule has 0 radical (unpaired) electrons. The number of nitrogens with zero attached hydrogens (tertiary/aromatic N) is 2. The standard InChI is InChI=1S/C24H25FN2O2/c1-17(19-11-12-19)27(16-18-7-3-2-4-8-18)24(28)14-13-23-26-15-22(29-23)20-9-5-6-10-21(20)25/h2-10,15,17,19H,11-14,16H2,1H3. The molecule has 1 unspecified atom stereocenters. The molecule has 1 atom stereocenters. The number of hydrogen-bond acceptors (Lipinski definition) is 3. The normalized spacial score (nSPS) is 14.6. The van der Waals surface area contributed by atoms with E-state index in [0.29, 0.717) is 42.5 Å². The van der Waals surface area contributed by atoms with E-state index in [9.17, 15) is 9.18 Å². The minimum absolute atomic E-state index is 0.0962. The van der Waals surface area contributed by atoms with Gasteiger partial charge in [0.05, 0.1) is 11.8 Å². The Hall–Kier alpha value is -2.95. The predicted molar refractivity (Wildman–Crippen MR) is 109 cm³/mol. The van der Waals surface area contributed by atoms with E-state index in [1.54, 1.807) is 18.2 Å². The topological polar surface area (TPSA) is 46.3 Å². The van der Waals surface area contributed by atoms with Crippen LogP contribution in [0.3, 0.4) is 0 Å². The average Bonchev–Trinajstić information content (AvgIpc) is 3.49. The lowest BCUT2D eigenvalue weighted by Gasteiger charge is -2.29. The molecule has 150 valence electrons. The van der Waals surface area contributed by atoms with Gasteiger partial charge in [0, 0.05) is 25.4 Å². The van der Waals surface area contributed by atoms with Crippen LogP contribution in [0.5, 0.6) is 0 Å². The molecule has 1 aliphatic rings. The number of amides is 1. The number of carbonyl (C=O) groups is 1. The van der Waals surface area contributed by atoms with Gasteiger partial charge < -0.3 is 9.32 Å². The number of benzene rings is 2. The molecule has 1 aromatic heterocycles. The summed E-state index contributed by atoms with van der Waals surface area (Å²) in [4.78, 5) is 19.2. The largest absolute Gasteiger partial charge is 0.441 e. The van der Waals surface area contributed by atoms with Crippen molar-refractivity contribution in [3.05, 3.63) is 78.1 Å². The number of aryl methyl sites for hydroxylation is 1. The molecule has 3 aromatic rings. The van der Waals surface area contributed by atoms with Gasteiger partial charge >= 0.3 is 0 Å². The Morgan fingerprint density at radius 1 is 1.17 bits per heavy atom. The van der Waals surface area contributed by atoms with Gasteiger partial charge in [0.1, 0.15) is 5.82 Å². The summed E-state index contributed by atoms with van der Waals surface area (Å²) in [6.07, 6.45) is 4.61. The predicted octanol–water partition coefficient (Wildman–Crippen LogP) is 5.24. The monoisotopic (exact) mass is 392 g/mol. The highest BCUT2D eigenvalue weighted by Crippen LogP contribution is 2.36. The number of aromatic nitrogens is 1. The molecular weight excluding hydrogens is 367 g/mol. The Bertz CT molecular complexity index is 966. The molecule has 2 aromatic carbocycles. The second-order valence-corrected chi connectivity index (χ2v) is 7.68. The number of rotatable bonds is 8. The van der Waals surface area contributed by atoms with Crippen LogP contribution in [0.4, 0.5) is 4.39 Å². The van der Waals surface area contributed by atoms with Crippen molar-refractivity contribution < 1.29 is 13.6 Å². The molecule has 1 aliphatic carbocycles. The van der Waals surface area contributed by atoms with E-state index in [0.717, 1.165) is 5.56 Å². The highest BCUT2D eigenvalue weighted by Gasteiger charge is 2.34. The third-order valence-electron chi connectivity index (χ3n) is 5.56. The minimum Gasteiger partial charge on any atom is -0.441 e. The van der Waals surface area contributed by atoms with Crippen LogP contribution in [-0.4, -0.2) is 21.8 Å². The van der Waals surface area contributed by atoms with Crippen LogP contribution in [0.25, 0.3) is 11.3 Å². The molecule has 0 bridgehead atoms. The SMILES string of the molecule is CC(C1CC1)N(Cc1ccccc1)C(=O)CCc1ncc(-c2ccccc2F)o1. The fourth-order valence-electron chi connectivity index (χ4n) is 3.64. The molecule has 0 spiro atoms. The molecule has 1 amide bonds. The molecule has 0 aliphatic heterocycles. The summed E-state index contributed by atoms with van der Waals surface area (Å²) in [6, 6.07) is 16.7. The first-order valence-electron chi connectivity index (χ1n) is 10.1. The van der Waals surface area contributed by atoms with E-state index in [4.69, 9.17) is 4.42 Å². The second kappa shape index (κ2) is 8.60. The van der Waals surface area contributed by atoms with E-state index in [-0.39, 0.29) is 17.8 Å². The maximum Gasteiger partial charge on any atom is 0.223 e. The van der Waals surface area contributed by atoms with Gasteiger partial charge in [-0.05, 0) is 43.4 Å². The van der Waals surface area contributed by atoms with Crippen LogP contribution in [0.2, 0.25) is 0 Å². The van der Waals surface area contributed by atoms with E-state index < -0.39 is 0 Å². The maximum absolute atomic E-state index is 13.9. The maximum atomic E-state index is 13.9. The van der Waals surface area contributed by atoms with E-state index in [2.05, 4.69) is 24.0 Å². The van der Waals surface area contributed by atoms with E-state index >= 15 is 0 Å². The molecule has 0 saturated heterocycles. The molecule has 1 fully saturated rings. The molecule has 0 N–H and O–H groups in total. The molecule has 5 heteroatoms. The van der Waals surface area contributed by atoms with Gasteiger partial charge in [0.2, 0.25) is 5.91 Å². The third kappa shape index (κ3) is 4.73. The van der Waals surface area contributed by atoms with Crippen molar-refractivity contribution in [3.63, 3.8) is 0 Å². The number of carbonyl (C=O) groups excluding carboxylic acids is 1. The van der Waals surface area contributed by atoms with Crippen molar-refractivity contribution in [3.8, 4) is 11.3 Å². The quantitative estimate of drug-likeness (QED) is 0.527.